The number of H-pyrrole nitrogens is 1. The zero-order valence-electron chi connectivity index (χ0n) is 15.9. The lowest BCUT2D eigenvalue weighted by Gasteiger charge is -2.30. The van der Waals surface area contributed by atoms with E-state index in [1.807, 2.05) is 11.6 Å². The second-order valence-corrected chi connectivity index (χ2v) is 7.69. The number of nitrogens with zero attached hydrogens (tertiary/aromatic N) is 2. The van der Waals surface area contributed by atoms with E-state index in [1.54, 1.807) is 30.7 Å². The molecule has 0 radical (unpaired) electrons. The maximum Gasteiger partial charge on any atom is 0.153 e. The molecule has 5 nitrogen and oxygen atoms in total. The molecule has 1 aliphatic heterocycles. The molecule has 29 heavy (non-hydrogen) atoms. The molecule has 0 aliphatic carbocycles. The van der Waals surface area contributed by atoms with E-state index < -0.39 is 0 Å². The Balaban J connectivity index is 1.69. The molecule has 7 heteroatoms. The zero-order valence-corrected chi connectivity index (χ0v) is 16.8. The fraction of sp³-hybridized carbons (Fsp3) is 0.227. The summed E-state index contributed by atoms with van der Waals surface area (Å²) in [5.74, 6) is 0.217. The maximum absolute atomic E-state index is 15.1. The lowest BCUT2D eigenvalue weighted by molar-refractivity contribution is 0.122. The van der Waals surface area contributed by atoms with Crippen molar-refractivity contribution in [2.45, 2.75) is 0 Å². The SMILES string of the molecule is COc1c(N2CCOCC2)ccc(F)c1-c1c[nH]c2ncc(-c3ccsc3)cc12. The van der Waals surface area contributed by atoms with Gasteiger partial charge >= 0.3 is 0 Å². The Morgan fingerprint density at radius 2 is 2.07 bits per heavy atom. The Morgan fingerprint density at radius 1 is 1.21 bits per heavy atom. The second kappa shape index (κ2) is 7.50. The summed E-state index contributed by atoms with van der Waals surface area (Å²) >= 11 is 1.64. The van der Waals surface area contributed by atoms with Crippen molar-refractivity contribution in [1.29, 1.82) is 0 Å². The van der Waals surface area contributed by atoms with Gasteiger partial charge in [0.05, 0.1) is 31.6 Å². The van der Waals surface area contributed by atoms with Gasteiger partial charge in [0.15, 0.2) is 5.75 Å². The number of hydrogen-bond donors (Lipinski definition) is 1. The van der Waals surface area contributed by atoms with Gasteiger partial charge in [-0.25, -0.2) is 9.37 Å². The summed E-state index contributed by atoms with van der Waals surface area (Å²) in [5, 5.41) is 4.98. The molecule has 4 heterocycles. The second-order valence-electron chi connectivity index (χ2n) is 6.91. The fourth-order valence-corrected chi connectivity index (χ4v) is 4.52. The summed E-state index contributed by atoms with van der Waals surface area (Å²) in [7, 11) is 1.59. The van der Waals surface area contributed by atoms with Gasteiger partial charge in [-0.3, -0.25) is 0 Å². The molecule has 0 spiro atoms. The minimum Gasteiger partial charge on any atom is -0.494 e. The lowest BCUT2D eigenvalue weighted by atomic mass is 10.0. The molecular weight excluding hydrogens is 389 g/mol. The number of benzene rings is 1. The average molecular weight is 409 g/mol. The van der Waals surface area contributed by atoms with Crippen LogP contribution in [0.1, 0.15) is 0 Å². The molecule has 0 bridgehead atoms. The molecule has 4 aromatic rings. The summed E-state index contributed by atoms with van der Waals surface area (Å²) in [5.41, 5.74) is 4.90. The van der Waals surface area contributed by atoms with Gasteiger partial charge in [0.25, 0.3) is 0 Å². The van der Waals surface area contributed by atoms with E-state index in [9.17, 15) is 0 Å². The highest BCUT2D eigenvalue weighted by atomic mass is 32.1. The monoisotopic (exact) mass is 409 g/mol. The quantitative estimate of drug-likeness (QED) is 0.519. The van der Waals surface area contributed by atoms with Crippen LogP contribution in [-0.4, -0.2) is 43.4 Å². The molecule has 5 rings (SSSR count). The Kier molecular flexibility index (Phi) is 4.69. The summed E-state index contributed by atoms with van der Waals surface area (Å²) in [6, 6.07) is 7.40. The first kappa shape index (κ1) is 18.1. The van der Waals surface area contributed by atoms with Gasteiger partial charge in [-0.15, -0.1) is 0 Å². The molecule has 148 valence electrons. The van der Waals surface area contributed by atoms with E-state index in [-0.39, 0.29) is 5.82 Å². The van der Waals surface area contributed by atoms with Crippen LogP contribution in [0.25, 0.3) is 33.3 Å². The fourth-order valence-electron chi connectivity index (χ4n) is 3.86. The molecule has 3 aromatic heterocycles. The lowest BCUT2D eigenvalue weighted by Crippen LogP contribution is -2.36. The Hall–Kier alpha value is -2.90. The number of morpholine rings is 1. The van der Waals surface area contributed by atoms with Crippen molar-refractivity contribution < 1.29 is 13.9 Å². The van der Waals surface area contributed by atoms with Crippen LogP contribution in [0.5, 0.6) is 5.75 Å². The van der Waals surface area contributed by atoms with Crippen LogP contribution in [0.4, 0.5) is 10.1 Å². The summed E-state index contributed by atoms with van der Waals surface area (Å²) < 4.78 is 26.3. The normalized spacial score (nSPS) is 14.5. The number of halogens is 1. The highest BCUT2D eigenvalue weighted by Gasteiger charge is 2.23. The minimum atomic E-state index is -0.319. The van der Waals surface area contributed by atoms with Crippen molar-refractivity contribution in [1.82, 2.24) is 9.97 Å². The van der Waals surface area contributed by atoms with Gasteiger partial charge in [-0.2, -0.15) is 11.3 Å². The predicted molar refractivity (Wildman–Crippen MR) is 114 cm³/mol. The first-order chi connectivity index (χ1) is 14.3. The Bertz CT molecular complexity index is 1150. The summed E-state index contributed by atoms with van der Waals surface area (Å²) in [6.45, 7) is 2.80. The van der Waals surface area contributed by atoms with E-state index >= 15 is 4.39 Å². The predicted octanol–water partition coefficient (Wildman–Crippen LogP) is 4.94. The Labute approximate surface area is 171 Å². The van der Waals surface area contributed by atoms with Crippen molar-refractivity contribution in [3.8, 4) is 28.0 Å². The maximum atomic E-state index is 15.1. The van der Waals surface area contributed by atoms with E-state index in [0.29, 0.717) is 24.5 Å². The van der Waals surface area contributed by atoms with Gasteiger partial charge in [-0.05, 0) is 40.6 Å². The van der Waals surface area contributed by atoms with Crippen molar-refractivity contribution in [2.75, 3.05) is 38.3 Å². The number of fused-ring (bicyclic) bond motifs is 1. The van der Waals surface area contributed by atoms with Gasteiger partial charge in [0.2, 0.25) is 0 Å². The van der Waals surface area contributed by atoms with E-state index in [1.165, 1.54) is 6.07 Å². The van der Waals surface area contributed by atoms with Crippen LogP contribution in [0.3, 0.4) is 0 Å². The van der Waals surface area contributed by atoms with E-state index in [4.69, 9.17) is 9.47 Å². The molecule has 1 N–H and O–H groups in total. The number of aromatic amines is 1. The number of methoxy groups -OCH3 is 1. The highest BCUT2D eigenvalue weighted by molar-refractivity contribution is 7.08. The smallest absolute Gasteiger partial charge is 0.153 e. The number of rotatable bonds is 4. The molecule has 0 saturated carbocycles. The molecule has 1 aliphatic rings. The number of anilines is 1. The van der Waals surface area contributed by atoms with Crippen LogP contribution in [0, 0.1) is 5.82 Å². The first-order valence-corrected chi connectivity index (χ1v) is 10.4. The number of hydrogen-bond acceptors (Lipinski definition) is 5. The first-order valence-electron chi connectivity index (χ1n) is 9.45. The van der Waals surface area contributed by atoms with Gasteiger partial charge in [0, 0.05) is 42.0 Å². The molecular formula is C22H20FN3O2S. The topological polar surface area (TPSA) is 50.4 Å². The van der Waals surface area contributed by atoms with Gasteiger partial charge in [-0.1, -0.05) is 0 Å². The molecule has 0 atom stereocenters. The third-order valence-electron chi connectivity index (χ3n) is 5.30. The van der Waals surface area contributed by atoms with Crippen molar-refractivity contribution >= 4 is 28.1 Å². The van der Waals surface area contributed by atoms with Crippen molar-refractivity contribution in [3.63, 3.8) is 0 Å². The third kappa shape index (κ3) is 3.16. The number of nitrogens with one attached hydrogen (secondary N) is 1. The number of pyridine rings is 1. The van der Waals surface area contributed by atoms with Crippen LogP contribution < -0.4 is 9.64 Å². The van der Waals surface area contributed by atoms with Crippen LogP contribution in [0.2, 0.25) is 0 Å². The molecule has 0 unspecified atom stereocenters. The standard InChI is InChI=1S/C22H20FN3O2S/c1-27-21-19(26-5-7-28-8-6-26)3-2-18(23)20(21)17-12-25-22-16(17)10-15(11-24-22)14-4-9-29-13-14/h2-4,9-13H,5-8H2,1H3,(H,24,25). The van der Waals surface area contributed by atoms with Crippen LogP contribution >= 0.6 is 11.3 Å². The number of ether oxygens (including phenoxy) is 2. The molecule has 1 aromatic carbocycles. The zero-order chi connectivity index (χ0) is 19.8. The van der Waals surface area contributed by atoms with Crippen LogP contribution in [0.15, 0.2) is 47.4 Å². The van der Waals surface area contributed by atoms with Crippen molar-refractivity contribution in [2.24, 2.45) is 0 Å². The van der Waals surface area contributed by atoms with E-state index in [0.717, 1.165) is 46.5 Å². The van der Waals surface area contributed by atoms with Gasteiger partial charge in [0.1, 0.15) is 11.5 Å². The molecule has 1 fully saturated rings. The van der Waals surface area contributed by atoms with Crippen LogP contribution in [-0.2, 0) is 4.74 Å². The largest absolute Gasteiger partial charge is 0.494 e. The molecule has 0 amide bonds. The minimum absolute atomic E-state index is 0.319. The average Bonchev–Trinajstić information content (AvgIpc) is 3.44. The Morgan fingerprint density at radius 3 is 2.83 bits per heavy atom. The van der Waals surface area contributed by atoms with E-state index in [2.05, 4.69) is 32.4 Å². The molecule has 1 saturated heterocycles. The summed E-state index contributed by atoms with van der Waals surface area (Å²) in [6.07, 6.45) is 3.64. The summed E-state index contributed by atoms with van der Waals surface area (Å²) in [4.78, 5) is 9.89. The third-order valence-corrected chi connectivity index (χ3v) is 5.98. The number of aromatic nitrogens is 2. The number of thiophene rings is 1. The highest BCUT2D eigenvalue weighted by Crippen LogP contribution is 2.43. The van der Waals surface area contributed by atoms with Crippen molar-refractivity contribution in [3.05, 3.63) is 53.2 Å². The van der Waals surface area contributed by atoms with Gasteiger partial charge < -0.3 is 19.4 Å².